The predicted octanol–water partition coefficient (Wildman–Crippen LogP) is 2.65. The Morgan fingerprint density at radius 1 is 1.50 bits per heavy atom. The summed E-state index contributed by atoms with van der Waals surface area (Å²) in [6.45, 7) is 2.82. The number of carbonyl (C=O) groups excluding carboxylic acids is 1. The molecule has 0 aliphatic rings. The van der Waals surface area contributed by atoms with E-state index in [1.807, 2.05) is 0 Å². The van der Waals surface area contributed by atoms with Gasteiger partial charge in [0, 0.05) is 36.5 Å². The second-order valence-corrected chi connectivity index (χ2v) is 5.22. The summed E-state index contributed by atoms with van der Waals surface area (Å²) in [5.74, 6) is 0.846. The van der Waals surface area contributed by atoms with Gasteiger partial charge in [-0.25, -0.2) is 4.98 Å². The molecule has 0 atom stereocenters. The van der Waals surface area contributed by atoms with Gasteiger partial charge in [0.05, 0.1) is 5.56 Å². The van der Waals surface area contributed by atoms with Gasteiger partial charge in [0.25, 0.3) is 5.91 Å². The predicted molar refractivity (Wildman–Crippen MR) is 81.9 cm³/mol. The van der Waals surface area contributed by atoms with Crippen molar-refractivity contribution in [2.45, 2.75) is 13.3 Å². The summed E-state index contributed by atoms with van der Waals surface area (Å²) in [5, 5.41) is 10.0. The lowest BCUT2D eigenvalue weighted by Gasteiger charge is -2.10. The highest BCUT2D eigenvalue weighted by Crippen LogP contribution is 2.19. The average molecular weight is 338 g/mol. The SMILES string of the molecule is CCCNc1ncc(Br)cc1C(=O)Nc1ccn(C)n1. The van der Waals surface area contributed by atoms with Crippen LogP contribution in [0.4, 0.5) is 11.6 Å². The first-order valence-corrected chi connectivity index (χ1v) is 7.10. The Morgan fingerprint density at radius 3 is 2.95 bits per heavy atom. The van der Waals surface area contributed by atoms with E-state index in [-0.39, 0.29) is 5.91 Å². The lowest BCUT2D eigenvalue weighted by Crippen LogP contribution is -2.16. The number of halogens is 1. The first-order valence-electron chi connectivity index (χ1n) is 6.30. The molecule has 0 bridgehead atoms. The van der Waals surface area contributed by atoms with Gasteiger partial charge in [-0.1, -0.05) is 6.92 Å². The van der Waals surface area contributed by atoms with Crippen LogP contribution in [0.3, 0.4) is 0 Å². The topological polar surface area (TPSA) is 71.8 Å². The fraction of sp³-hybridized carbons (Fsp3) is 0.308. The summed E-state index contributed by atoms with van der Waals surface area (Å²) in [5.41, 5.74) is 0.485. The molecule has 0 spiro atoms. The van der Waals surface area contributed by atoms with Crippen molar-refractivity contribution < 1.29 is 4.79 Å². The van der Waals surface area contributed by atoms with Crippen molar-refractivity contribution in [1.82, 2.24) is 14.8 Å². The van der Waals surface area contributed by atoms with Crippen molar-refractivity contribution in [2.75, 3.05) is 17.2 Å². The van der Waals surface area contributed by atoms with Crippen LogP contribution in [0.1, 0.15) is 23.7 Å². The number of aromatic nitrogens is 3. The zero-order valence-electron chi connectivity index (χ0n) is 11.4. The summed E-state index contributed by atoms with van der Waals surface area (Å²) in [6, 6.07) is 3.48. The number of anilines is 2. The van der Waals surface area contributed by atoms with Crippen LogP contribution in [0, 0.1) is 0 Å². The number of nitrogens with one attached hydrogen (secondary N) is 2. The minimum atomic E-state index is -0.240. The molecule has 0 saturated carbocycles. The summed E-state index contributed by atoms with van der Waals surface area (Å²) < 4.78 is 2.39. The van der Waals surface area contributed by atoms with Crippen LogP contribution in [0.15, 0.2) is 29.0 Å². The molecule has 6 nitrogen and oxygen atoms in total. The molecule has 106 valence electrons. The number of aryl methyl sites for hydroxylation is 1. The van der Waals surface area contributed by atoms with E-state index < -0.39 is 0 Å². The number of carbonyl (C=O) groups is 1. The number of nitrogens with zero attached hydrogens (tertiary/aromatic N) is 3. The highest BCUT2D eigenvalue weighted by atomic mass is 79.9. The van der Waals surface area contributed by atoms with E-state index in [1.54, 1.807) is 36.3 Å². The second kappa shape index (κ2) is 6.51. The molecule has 0 aliphatic carbocycles. The smallest absolute Gasteiger partial charge is 0.260 e. The maximum atomic E-state index is 12.3. The van der Waals surface area contributed by atoms with Crippen LogP contribution in [0.5, 0.6) is 0 Å². The molecule has 0 fully saturated rings. The number of rotatable bonds is 5. The van der Waals surface area contributed by atoms with E-state index in [9.17, 15) is 4.79 Å². The molecular formula is C13H16BrN5O. The fourth-order valence-corrected chi connectivity index (χ4v) is 1.99. The van der Waals surface area contributed by atoms with Gasteiger partial charge in [0.15, 0.2) is 5.82 Å². The molecule has 2 aromatic heterocycles. The molecular weight excluding hydrogens is 322 g/mol. The van der Waals surface area contributed by atoms with Crippen LogP contribution in [0.25, 0.3) is 0 Å². The zero-order valence-corrected chi connectivity index (χ0v) is 12.9. The molecule has 0 aromatic carbocycles. The summed E-state index contributed by atoms with van der Waals surface area (Å²) in [6.07, 6.45) is 4.39. The van der Waals surface area contributed by atoms with Crippen molar-refractivity contribution in [3.8, 4) is 0 Å². The normalized spacial score (nSPS) is 10.3. The molecule has 2 N–H and O–H groups in total. The quantitative estimate of drug-likeness (QED) is 0.879. The highest BCUT2D eigenvalue weighted by molar-refractivity contribution is 9.10. The Hall–Kier alpha value is -1.89. The van der Waals surface area contributed by atoms with E-state index in [2.05, 4.69) is 43.6 Å². The van der Waals surface area contributed by atoms with Crippen LogP contribution < -0.4 is 10.6 Å². The molecule has 0 saturated heterocycles. The van der Waals surface area contributed by atoms with Gasteiger partial charge in [-0.05, 0) is 28.4 Å². The highest BCUT2D eigenvalue weighted by Gasteiger charge is 2.14. The minimum Gasteiger partial charge on any atom is -0.369 e. The summed E-state index contributed by atoms with van der Waals surface area (Å²) in [7, 11) is 1.80. The summed E-state index contributed by atoms with van der Waals surface area (Å²) >= 11 is 3.33. The van der Waals surface area contributed by atoms with Gasteiger partial charge in [-0.2, -0.15) is 5.10 Å². The molecule has 2 heterocycles. The van der Waals surface area contributed by atoms with Gasteiger partial charge in [0.2, 0.25) is 0 Å². The van der Waals surface area contributed by atoms with Crippen LogP contribution in [-0.4, -0.2) is 27.2 Å². The maximum Gasteiger partial charge on any atom is 0.260 e. The number of amides is 1. The maximum absolute atomic E-state index is 12.3. The van der Waals surface area contributed by atoms with E-state index in [4.69, 9.17) is 0 Å². The molecule has 2 aromatic rings. The number of hydrogen-bond donors (Lipinski definition) is 2. The van der Waals surface area contributed by atoms with Gasteiger partial charge >= 0.3 is 0 Å². The van der Waals surface area contributed by atoms with Crippen LogP contribution in [0.2, 0.25) is 0 Å². The first-order chi connectivity index (χ1) is 9.60. The van der Waals surface area contributed by atoms with Gasteiger partial charge in [0.1, 0.15) is 5.82 Å². The van der Waals surface area contributed by atoms with Crippen LogP contribution >= 0.6 is 15.9 Å². The van der Waals surface area contributed by atoms with Gasteiger partial charge in [-0.15, -0.1) is 0 Å². The van der Waals surface area contributed by atoms with Gasteiger partial charge < -0.3 is 10.6 Å². The summed E-state index contributed by atoms with van der Waals surface area (Å²) in [4.78, 5) is 16.5. The second-order valence-electron chi connectivity index (χ2n) is 4.31. The molecule has 0 aliphatic heterocycles. The van der Waals surface area contributed by atoms with Gasteiger partial charge in [-0.3, -0.25) is 9.48 Å². The third-order valence-corrected chi connectivity index (χ3v) is 3.03. The third-order valence-electron chi connectivity index (χ3n) is 2.60. The van der Waals surface area contributed by atoms with E-state index >= 15 is 0 Å². The zero-order chi connectivity index (χ0) is 14.5. The van der Waals surface area contributed by atoms with Crippen molar-refractivity contribution in [3.63, 3.8) is 0 Å². The Labute approximate surface area is 125 Å². The fourth-order valence-electron chi connectivity index (χ4n) is 1.66. The minimum absolute atomic E-state index is 0.240. The first kappa shape index (κ1) is 14.5. The lowest BCUT2D eigenvalue weighted by atomic mass is 10.2. The molecule has 7 heteroatoms. The molecule has 1 amide bonds. The average Bonchev–Trinajstić information content (AvgIpc) is 2.82. The standard InChI is InChI=1S/C13H16BrN5O/c1-3-5-15-12-10(7-9(14)8-16-12)13(20)17-11-4-6-19(2)18-11/h4,6-8H,3,5H2,1-2H3,(H,15,16)(H,17,18,20). The van der Waals surface area contributed by atoms with E-state index in [0.717, 1.165) is 17.4 Å². The van der Waals surface area contributed by atoms with Crippen LogP contribution in [-0.2, 0) is 7.05 Å². The molecule has 0 unspecified atom stereocenters. The largest absolute Gasteiger partial charge is 0.369 e. The number of hydrogen-bond acceptors (Lipinski definition) is 4. The third kappa shape index (κ3) is 3.57. The van der Waals surface area contributed by atoms with E-state index in [1.165, 1.54) is 0 Å². The van der Waals surface area contributed by atoms with Crippen molar-refractivity contribution in [3.05, 3.63) is 34.6 Å². The Bertz CT molecular complexity index is 611. The molecule has 20 heavy (non-hydrogen) atoms. The van der Waals surface area contributed by atoms with E-state index in [0.29, 0.717) is 17.2 Å². The Morgan fingerprint density at radius 2 is 2.30 bits per heavy atom. The molecule has 0 radical (unpaired) electrons. The number of pyridine rings is 1. The van der Waals surface area contributed by atoms with Crippen molar-refractivity contribution in [2.24, 2.45) is 7.05 Å². The lowest BCUT2D eigenvalue weighted by molar-refractivity contribution is 0.102. The van der Waals surface area contributed by atoms with Crippen molar-refractivity contribution >= 4 is 33.5 Å². The molecule has 2 rings (SSSR count). The monoisotopic (exact) mass is 337 g/mol. The Kier molecular flexibility index (Phi) is 4.73. The van der Waals surface area contributed by atoms with Crippen molar-refractivity contribution in [1.29, 1.82) is 0 Å². The Balaban J connectivity index is 2.21.